The molecular formula is C20H17ClFN3O4. The fourth-order valence-electron chi connectivity index (χ4n) is 2.73. The average Bonchev–Trinajstić information content (AvgIpc) is 2.68. The number of nitrogens with zero attached hydrogens (tertiary/aromatic N) is 2. The first-order valence-corrected chi connectivity index (χ1v) is 9.10. The third-order valence-electron chi connectivity index (χ3n) is 4.16. The van der Waals surface area contributed by atoms with Crippen LogP contribution in [0.4, 0.5) is 10.1 Å². The highest BCUT2D eigenvalue weighted by Crippen LogP contribution is 2.18. The highest BCUT2D eigenvalue weighted by molar-refractivity contribution is 6.30. The van der Waals surface area contributed by atoms with E-state index in [1.165, 1.54) is 18.3 Å². The zero-order chi connectivity index (χ0) is 21.1. The number of carbonyl (C=O) groups is 2. The van der Waals surface area contributed by atoms with Gasteiger partial charge in [-0.3, -0.25) is 9.59 Å². The Hall–Kier alpha value is -3.26. The van der Waals surface area contributed by atoms with E-state index in [0.29, 0.717) is 12.2 Å². The van der Waals surface area contributed by atoms with Gasteiger partial charge in [0.15, 0.2) is 6.61 Å². The monoisotopic (exact) mass is 417 g/mol. The van der Waals surface area contributed by atoms with Crippen LogP contribution in [-0.2, 0) is 16.1 Å². The van der Waals surface area contributed by atoms with Gasteiger partial charge in [-0.2, -0.15) is 0 Å². The quantitative estimate of drug-likeness (QED) is 0.643. The highest BCUT2D eigenvalue weighted by atomic mass is 35.5. The van der Waals surface area contributed by atoms with Crippen LogP contribution >= 0.6 is 11.6 Å². The van der Waals surface area contributed by atoms with Gasteiger partial charge in [0, 0.05) is 23.5 Å². The van der Waals surface area contributed by atoms with Gasteiger partial charge in [0.1, 0.15) is 17.0 Å². The van der Waals surface area contributed by atoms with Gasteiger partial charge in [0.2, 0.25) is 5.43 Å². The summed E-state index contributed by atoms with van der Waals surface area (Å²) >= 11 is 5.66. The number of ether oxygens (including phenoxy) is 1. The van der Waals surface area contributed by atoms with E-state index < -0.39 is 29.7 Å². The summed E-state index contributed by atoms with van der Waals surface area (Å²) in [6, 6.07) is 7.01. The smallest absolute Gasteiger partial charge is 0.344 e. The van der Waals surface area contributed by atoms with Crippen molar-refractivity contribution in [3.63, 3.8) is 0 Å². The van der Waals surface area contributed by atoms with Gasteiger partial charge >= 0.3 is 5.97 Å². The number of fused-ring (bicyclic) bond motifs is 1. The predicted octanol–water partition coefficient (Wildman–Crippen LogP) is 3.31. The Morgan fingerprint density at radius 3 is 2.72 bits per heavy atom. The summed E-state index contributed by atoms with van der Waals surface area (Å²) in [5.74, 6) is -2.43. The number of hydrogen-bond acceptors (Lipinski definition) is 5. The van der Waals surface area contributed by atoms with Crippen molar-refractivity contribution in [3.8, 4) is 0 Å². The summed E-state index contributed by atoms with van der Waals surface area (Å²) in [7, 11) is 0. The maximum Gasteiger partial charge on any atom is 0.344 e. The lowest BCUT2D eigenvalue weighted by molar-refractivity contribution is -0.119. The molecule has 7 nitrogen and oxygen atoms in total. The average molecular weight is 418 g/mol. The molecule has 3 aromatic rings. The topological polar surface area (TPSA) is 90.3 Å². The molecule has 1 amide bonds. The number of benzene rings is 1. The first kappa shape index (κ1) is 20.5. The van der Waals surface area contributed by atoms with Crippen molar-refractivity contribution in [1.29, 1.82) is 0 Å². The van der Waals surface area contributed by atoms with Crippen LogP contribution in [0.25, 0.3) is 11.0 Å². The number of nitrogens with one attached hydrogen (secondary N) is 1. The van der Waals surface area contributed by atoms with Gasteiger partial charge < -0.3 is 14.6 Å². The summed E-state index contributed by atoms with van der Waals surface area (Å²) in [5.41, 5.74) is 0.350. The third-order valence-corrected chi connectivity index (χ3v) is 4.40. The van der Waals surface area contributed by atoms with Gasteiger partial charge in [0.25, 0.3) is 5.91 Å². The van der Waals surface area contributed by atoms with Crippen LogP contribution in [0.2, 0.25) is 5.02 Å². The van der Waals surface area contributed by atoms with Gasteiger partial charge in [-0.05, 0) is 44.2 Å². The lowest BCUT2D eigenvalue weighted by atomic mass is 10.2. The summed E-state index contributed by atoms with van der Waals surface area (Å²) in [4.78, 5) is 41.3. The second-order valence-corrected chi connectivity index (χ2v) is 6.67. The fraction of sp³-hybridized carbons (Fsp3) is 0.200. The highest BCUT2D eigenvalue weighted by Gasteiger charge is 2.19. The van der Waals surface area contributed by atoms with Crippen LogP contribution in [-0.4, -0.2) is 28.0 Å². The Morgan fingerprint density at radius 1 is 1.28 bits per heavy atom. The zero-order valence-electron chi connectivity index (χ0n) is 15.7. The molecular weight excluding hydrogens is 401 g/mol. The largest absolute Gasteiger partial charge is 0.452 e. The minimum absolute atomic E-state index is 0.101. The summed E-state index contributed by atoms with van der Waals surface area (Å²) in [6.45, 7) is 3.44. The van der Waals surface area contributed by atoms with Crippen molar-refractivity contribution in [3.05, 3.63) is 68.8 Å². The summed E-state index contributed by atoms with van der Waals surface area (Å²) < 4.78 is 20.3. The van der Waals surface area contributed by atoms with E-state index in [2.05, 4.69) is 10.3 Å². The maximum atomic E-state index is 13.7. The standard InChI is InChI=1S/C20H17ClFN3O4/c1-3-25-9-14(18(27)13-6-4-11(2)23-19(13)25)20(28)29-10-17(26)24-16-7-5-12(21)8-15(16)22/h4-9H,3,10H2,1-2H3,(H,24,26). The molecule has 0 unspecified atom stereocenters. The van der Waals surface area contributed by atoms with Gasteiger partial charge in [-0.25, -0.2) is 14.2 Å². The second-order valence-electron chi connectivity index (χ2n) is 6.23. The van der Waals surface area contributed by atoms with Crippen molar-refractivity contribution in [2.45, 2.75) is 20.4 Å². The van der Waals surface area contributed by atoms with E-state index in [1.54, 1.807) is 23.6 Å². The molecule has 29 heavy (non-hydrogen) atoms. The SMILES string of the molecule is CCn1cc(C(=O)OCC(=O)Nc2ccc(Cl)cc2F)c(=O)c2ccc(C)nc21. The summed E-state index contributed by atoms with van der Waals surface area (Å²) in [6.07, 6.45) is 1.36. The molecule has 0 saturated heterocycles. The van der Waals surface area contributed by atoms with Crippen LogP contribution < -0.4 is 10.7 Å². The number of esters is 1. The lowest BCUT2D eigenvalue weighted by Crippen LogP contribution is -2.25. The Labute approximate surface area is 170 Å². The number of carbonyl (C=O) groups excluding carboxylic acids is 2. The number of pyridine rings is 2. The Kier molecular flexibility index (Phi) is 5.93. The molecule has 2 aromatic heterocycles. The van der Waals surface area contributed by atoms with Crippen LogP contribution in [0, 0.1) is 12.7 Å². The Bertz CT molecular complexity index is 1180. The molecule has 0 bridgehead atoms. The molecule has 0 fully saturated rings. The minimum atomic E-state index is -0.952. The van der Waals surface area contributed by atoms with Crippen LogP contribution in [0.3, 0.4) is 0 Å². The van der Waals surface area contributed by atoms with Crippen molar-refractivity contribution in [1.82, 2.24) is 9.55 Å². The van der Waals surface area contributed by atoms with Crippen LogP contribution in [0.1, 0.15) is 23.0 Å². The van der Waals surface area contributed by atoms with E-state index in [0.717, 1.165) is 11.8 Å². The normalized spacial score (nSPS) is 10.8. The van der Waals surface area contributed by atoms with Gasteiger partial charge in [-0.15, -0.1) is 0 Å². The molecule has 1 aromatic carbocycles. The third kappa shape index (κ3) is 4.43. The Morgan fingerprint density at radius 2 is 2.03 bits per heavy atom. The number of hydrogen-bond donors (Lipinski definition) is 1. The van der Waals surface area contributed by atoms with E-state index in [1.807, 2.05) is 6.92 Å². The van der Waals surface area contributed by atoms with Gasteiger partial charge in [0.05, 0.1) is 11.1 Å². The van der Waals surface area contributed by atoms with Crippen molar-refractivity contribution in [2.24, 2.45) is 0 Å². The maximum absolute atomic E-state index is 13.7. The molecule has 0 saturated carbocycles. The zero-order valence-corrected chi connectivity index (χ0v) is 16.4. The van der Waals surface area contributed by atoms with Crippen molar-refractivity contribution in [2.75, 3.05) is 11.9 Å². The van der Waals surface area contributed by atoms with Crippen molar-refractivity contribution < 1.29 is 18.7 Å². The molecule has 0 atom stereocenters. The molecule has 9 heteroatoms. The van der Waals surface area contributed by atoms with Crippen LogP contribution in [0.15, 0.2) is 41.3 Å². The number of amides is 1. The molecule has 3 rings (SSSR count). The van der Waals surface area contributed by atoms with E-state index in [9.17, 15) is 18.8 Å². The molecule has 0 aliphatic carbocycles. The molecule has 0 radical (unpaired) electrons. The summed E-state index contributed by atoms with van der Waals surface area (Å²) in [5, 5.41) is 2.73. The molecule has 0 spiro atoms. The van der Waals surface area contributed by atoms with E-state index in [-0.39, 0.29) is 21.7 Å². The fourth-order valence-corrected chi connectivity index (χ4v) is 2.89. The Balaban J connectivity index is 1.77. The molecule has 2 heterocycles. The predicted molar refractivity (Wildman–Crippen MR) is 107 cm³/mol. The molecule has 1 N–H and O–H groups in total. The number of aromatic nitrogens is 2. The second kappa shape index (κ2) is 8.40. The number of aryl methyl sites for hydroxylation is 2. The number of rotatable bonds is 5. The lowest BCUT2D eigenvalue weighted by Gasteiger charge is -2.11. The molecule has 0 aliphatic heterocycles. The van der Waals surface area contributed by atoms with Gasteiger partial charge in [-0.1, -0.05) is 11.6 Å². The van der Waals surface area contributed by atoms with Crippen molar-refractivity contribution >= 4 is 40.2 Å². The van der Waals surface area contributed by atoms with E-state index in [4.69, 9.17) is 16.3 Å². The minimum Gasteiger partial charge on any atom is -0.452 e. The number of halogens is 2. The van der Waals surface area contributed by atoms with E-state index >= 15 is 0 Å². The first-order valence-electron chi connectivity index (χ1n) is 8.73. The molecule has 150 valence electrons. The first-order chi connectivity index (χ1) is 13.8. The molecule has 0 aliphatic rings. The number of anilines is 1. The van der Waals surface area contributed by atoms with Crippen LogP contribution in [0.5, 0.6) is 0 Å².